The smallest absolute Gasteiger partial charge is 0.266 e. The van der Waals surface area contributed by atoms with E-state index in [1.54, 1.807) is 11.1 Å². The maximum absolute atomic E-state index is 13.0. The monoisotopic (exact) mass is 375 g/mol. The molecule has 1 fully saturated rings. The summed E-state index contributed by atoms with van der Waals surface area (Å²) in [5, 5.41) is 9.70. The third-order valence-electron chi connectivity index (χ3n) is 4.63. The van der Waals surface area contributed by atoms with Crippen LogP contribution in [0.3, 0.4) is 0 Å². The van der Waals surface area contributed by atoms with Crippen molar-refractivity contribution < 1.29 is 9.53 Å². The van der Waals surface area contributed by atoms with Gasteiger partial charge in [0.15, 0.2) is 0 Å². The Bertz CT molecular complexity index is 848. The number of para-hydroxylation sites is 1. The highest BCUT2D eigenvalue weighted by Crippen LogP contribution is 2.20. The van der Waals surface area contributed by atoms with Crippen molar-refractivity contribution in [1.29, 1.82) is 5.26 Å². The maximum atomic E-state index is 13.0. The first-order valence-electron chi connectivity index (χ1n) is 9.49. The summed E-state index contributed by atoms with van der Waals surface area (Å²) < 4.78 is 5.70. The molecule has 28 heavy (non-hydrogen) atoms. The Balaban J connectivity index is 1.88. The molecule has 2 atom stereocenters. The Hall–Kier alpha value is -3.10. The van der Waals surface area contributed by atoms with Crippen molar-refractivity contribution in [2.45, 2.75) is 32.6 Å². The van der Waals surface area contributed by atoms with Crippen LogP contribution in [0.4, 0.5) is 5.69 Å². The Morgan fingerprint density at radius 1 is 1.11 bits per heavy atom. The van der Waals surface area contributed by atoms with Crippen LogP contribution in [0.15, 0.2) is 72.4 Å². The first-order valence-corrected chi connectivity index (χ1v) is 9.49. The SMILES string of the molecule is CC1CN(C(=O)/C(C#N)=C\N(Cc2ccccc2)c2ccccc2)CC(C)O1. The minimum absolute atomic E-state index is 0.0396. The average Bonchev–Trinajstić information content (AvgIpc) is 2.71. The van der Waals surface area contributed by atoms with Gasteiger partial charge in [-0.1, -0.05) is 48.5 Å². The van der Waals surface area contributed by atoms with Crippen LogP contribution in [0, 0.1) is 11.3 Å². The molecule has 0 bridgehead atoms. The molecule has 0 N–H and O–H groups in total. The number of rotatable bonds is 5. The number of anilines is 1. The molecule has 0 radical (unpaired) electrons. The summed E-state index contributed by atoms with van der Waals surface area (Å²) in [5.41, 5.74) is 2.15. The molecule has 1 amide bonds. The number of hydrogen-bond donors (Lipinski definition) is 0. The number of morpholine rings is 1. The Morgan fingerprint density at radius 3 is 2.25 bits per heavy atom. The van der Waals surface area contributed by atoms with Crippen LogP contribution in [0.5, 0.6) is 0 Å². The van der Waals surface area contributed by atoms with Crippen molar-refractivity contribution in [3.8, 4) is 6.07 Å². The Labute approximate surface area is 166 Å². The van der Waals surface area contributed by atoms with Gasteiger partial charge in [0, 0.05) is 31.5 Å². The molecule has 3 rings (SSSR count). The van der Waals surface area contributed by atoms with Crippen LogP contribution in [-0.4, -0.2) is 36.1 Å². The van der Waals surface area contributed by atoms with Crippen LogP contribution in [0.25, 0.3) is 0 Å². The number of amides is 1. The second kappa shape index (κ2) is 9.20. The zero-order chi connectivity index (χ0) is 19.9. The average molecular weight is 375 g/mol. The van der Waals surface area contributed by atoms with E-state index in [0.29, 0.717) is 19.6 Å². The molecule has 1 aliphatic heterocycles. The van der Waals surface area contributed by atoms with E-state index >= 15 is 0 Å². The van der Waals surface area contributed by atoms with Crippen molar-refractivity contribution in [3.05, 3.63) is 78.0 Å². The summed E-state index contributed by atoms with van der Waals surface area (Å²) in [6, 6.07) is 21.9. The first kappa shape index (κ1) is 19.7. The molecule has 2 aromatic rings. The third kappa shape index (κ3) is 4.99. The Morgan fingerprint density at radius 2 is 1.68 bits per heavy atom. The van der Waals surface area contributed by atoms with E-state index in [1.165, 1.54) is 0 Å². The molecular formula is C23H25N3O2. The van der Waals surface area contributed by atoms with Crippen LogP contribution < -0.4 is 4.90 Å². The number of carbonyl (C=O) groups excluding carboxylic acids is 1. The summed E-state index contributed by atoms with van der Waals surface area (Å²) in [6.07, 6.45) is 1.58. The number of carbonyl (C=O) groups is 1. The van der Waals surface area contributed by atoms with Crippen LogP contribution in [0.1, 0.15) is 19.4 Å². The van der Waals surface area contributed by atoms with Gasteiger partial charge in [-0.05, 0) is 31.5 Å². The van der Waals surface area contributed by atoms with Crippen LogP contribution in [-0.2, 0) is 16.1 Å². The van der Waals surface area contributed by atoms with Crippen molar-refractivity contribution in [2.75, 3.05) is 18.0 Å². The van der Waals surface area contributed by atoms with E-state index in [4.69, 9.17) is 4.74 Å². The lowest BCUT2D eigenvalue weighted by Gasteiger charge is -2.35. The van der Waals surface area contributed by atoms with E-state index in [2.05, 4.69) is 6.07 Å². The van der Waals surface area contributed by atoms with E-state index in [9.17, 15) is 10.1 Å². The highest BCUT2D eigenvalue weighted by atomic mass is 16.5. The number of ether oxygens (including phenoxy) is 1. The van der Waals surface area contributed by atoms with Gasteiger partial charge in [0.2, 0.25) is 0 Å². The molecule has 1 heterocycles. The van der Waals surface area contributed by atoms with Gasteiger partial charge >= 0.3 is 0 Å². The van der Waals surface area contributed by atoms with Crippen LogP contribution >= 0.6 is 0 Å². The molecule has 1 aliphatic rings. The van der Waals surface area contributed by atoms with Gasteiger partial charge in [0.25, 0.3) is 5.91 Å². The molecule has 1 saturated heterocycles. The topological polar surface area (TPSA) is 56.6 Å². The fourth-order valence-electron chi connectivity index (χ4n) is 3.41. The van der Waals surface area contributed by atoms with Crippen LogP contribution in [0.2, 0.25) is 0 Å². The van der Waals surface area contributed by atoms with E-state index in [1.807, 2.05) is 79.4 Å². The highest BCUT2D eigenvalue weighted by Gasteiger charge is 2.28. The number of nitriles is 1. The van der Waals surface area contributed by atoms with Crippen molar-refractivity contribution in [3.63, 3.8) is 0 Å². The van der Waals surface area contributed by atoms with Gasteiger partial charge in [-0.3, -0.25) is 4.79 Å². The summed E-state index contributed by atoms with van der Waals surface area (Å²) in [5.74, 6) is -0.251. The first-order chi connectivity index (χ1) is 13.6. The number of nitrogens with zero attached hydrogens (tertiary/aromatic N) is 3. The van der Waals surface area contributed by atoms with Gasteiger partial charge in [-0.2, -0.15) is 5.26 Å². The minimum atomic E-state index is -0.251. The third-order valence-corrected chi connectivity index (χ3v) is 4.63. The largest absolute Gasteiger partial charge is 0.372 e. The molecule has 0 spiro atoms. The van der Waals surface area contributed by atoms with Crippen molar-refractivity contribution >= 4 is 11.6 Å². The summed E-state index contributed by atoms with van der Waals surface area (Å²) in [4.78, 5) is 16.6. The zero-order valence-corrected chi connectivity index (χ0v) is 16.3. The van der Waals surface area contributed by atoms with Gasteiger partial charge < -0.3 is 14.5 Å². The molecule has 0 aliphatic carbocycles. The fourth-order valence-corrected chi connectivity index (χ4v) is 3.41. The van der Waals surface area contributed by atoms with E-state index in [0.717, 1.165) is 11.3 Å². The van der Waals surface area contributed by atoms with E-state index in [-0.39, 0.29) is 23.7 Å². The van der Waals surface area contributed by atoms with E-state index < -0.39 is 0 Å². The second-order valence-corrected chi connectivity index (χ2v) is 7.07. The second-order valence-electron chi connectivity index (χ2n) is 7.07. The van der Waals surface area contributed by atoms with Crippen molar-refractivity contribution in [1.82, 2.24) is 4.90 Å². The van der Waals surface area contributed by atoms with Gasteiger partial charge in [-0.15, -0.1) is 0 Å². The van der Waals surface area contributed by atoms with Gasteiger partial charge in [-0.25, -0.2) is 0 Å². The molecular weight excluding hydrogens is 350 g/mol. The number of benzene rings is 2. The summed E-state index contributed by atoms with van der Waals surface area (Å²) in [6.45, 7) is 5.44. The molecule has 5 heteroatoms. The lowest BCUT2D eigenvalue weighted by Crippen LogP contribution is -2.48. The standard InChI is InChI=1S/C23H25N3O2/c1-18-14-26(15-19(2)28-18)23(27)21(13-24)17-25(22-11-7-4-8-12-22)16-20-9-5-3-6-10-20/h3-12,17-19H,14-16H2,1-2H3/b21-17-. The molecule has 2 aromatic carbocycles. The molecule has 144 valence electrons. The fraction of sp³-hybridized carbons (Fsp3) is 0.304. The predicted molar refractivity (Wildman–Crippen MR) is 109 cm³/mol. The predicted octanol–water partition coefficient (Wildman–Crippen LogP) is 3.74. The zero-order valence-electron chi connectivity index (χ0n) is 16.3. The molecule has 2 unspecified atom stereocenters. The minimum Gasteiger partial charge on any atom is -0.372 e. The highest BCUT2D eigenvalue weighted by molar-refractivity contribution is 5.97. The normalized spacial score (nSPS) is 19.8. The van der Waals surface area contributed by atoms with Gasteiger partial charge in [0.1, 0.15) is 11.6 Å². The lowest BCUT2D eigenvalue weighted by molar-refractivity contribution is -0.138. The molecule has 0 aromatic heterocycles. The maximum Gasteiger partial charge on any atom is 0.266 e. The molecule has 0 saturated carbocycles. The molecule has 5 nitrogen and oxygen atoms in total. The lowest BCUT2D eigenvalue weighted by atomic mass is 10.1. The van der Waals surface area contributed by atoms with Gasteiger partial charge in [0.05, 0.1) is 12.2 Å². The van der Waals surface area contributed by atoms with Crippen molar-refractivity contribution in [2.24, 2.45) is 0 Å². The Kier molecular flexibility index (Phi) is 6.46. The summed E-state index contributed by atoms with van der Waals surface area (Å²) in [7, 11) is 0. The summed E-state index contributed by atoms with van der Waals surface area (Å²) >= 11 is 0. The quantitative estimate of drug-likeness (QED) is 0.590. The number of hydrogen-bond acceptors (Lipinski definition) is 4.